The van der Waals surface area contributed by atoms with Crippen molar-refractivity contribution in [1.82, 2.24) is 10.6 Å². The standard InChI is InChI=1S/C12H18N2OS/c1-9(11(3)13-4)6-5-7-14-12(16)10(2)8-15/h5-6,13,15H,1-3,7-8H2,4H3,(H,14,16)/b6-5+. The van der Waals surface area contributed by atoms with E-state index in [4.69, 9.17) is 17.3 Å². The largest absolute Gasteiger partial charge is 0.392 e. The second-order valence-electron chi connectivity index (χ2n) is 3.13. The molecule has 0 aromatic rings. The summed E-state index contributed by atoms with van der Waals surface area (Å²) in [6.45, 7) is 11.6. The molecule has 0 aliphatic carbocycles. The highest BCUT2D eigenvalue weighted by Crippen LogP contribution is 2.01. The number of aliphatic hydroxyl groups excluding tert-OH is 1. The number of likely N-dealkylation sites (N-methyl/N-ethyl adjacent to an activating group) is 1. The van der Waals surface area contributed by atoms with Crippen molar-refractivity contribution in [2.45, 2.75) is 0 Å². The van der Waals surface area contributed by atoms with Crippen LogP contribution in [-0.2, 0) is 0 Å². The monoisotopic (exact) mass is 238 g/mol. The Bertz CT molecular complexity index is 332. The summed E-state index contributed by atoms with van der Waals surface area (Å²) in [6.07, 6.45) is 3.72. The van der Waals surface area contributed by atoms with Gasteiger partial charge < -0.3 is 15.7 Å². The van der Waals surface area contributed by atoms with Gasteiger partial charge in [-0.2, -0.15) is 0 Å². The summed E-state index contributed by atoms with van der Waals surface area (Å²) in [5.41, 5.74) is 2.11. The molecule has 3 N–H and O–H groups in total. The minimum atomic E-state index is -0.126. The third-order valence-corrected chi connectivity index (χ3v) is 2.33. The van der Waals surface area contributed by atoms with Crippen LogP contribution in [0.25, 0.3) is 0 Å². The molecule has 0 bridgehead atoms. The van der Waals surface area contributed by atoms with Gasteiger partial charge in [0.15, 0.2) is 0 Å². The SMILES string of the molecule is C=C(/C=C/CNC(=S)C(=C)CO)C(=C)NC. The first kappa shape index (κ1) is 14.6. The van der Waals surface area contributed by atoms with Crippen LogP contribution >= 0.6 is 12.2 Å². The van der Waals surface area contributed by atoms with Crippen molar-refractivity contribution in [3.63, 3.8) is 0 Å². The third-order valence-electron chi connectivity index (χ3n) is 1.90. The van der Waals surface area contributed by atoms with Crippen LogP contribution in [0.2, 0.25) is 0 Å². The Morgan fingerprint density at radius 2 is 2.00 bits per heavy atom. The van der Waals surface area contributed by atoms with Gasteiger partial charge in [0.05, 0.1) is 6.61 Å². The van der Waals surface area contributed by atoms with Crippen LogP contribution in [0.5, 0.6) is 0 Å². The van der Waals surface area contributed by atoms with E-state index in [-0.39, 0.29) is 6.61 Å². The molecule has 0 rings (SSSR count). The second-order valence-corrected chi connectivity index (χ2v) is 3.54. The quantitative estimate of drug-likeness (QED) is 0.355. The van der Waals surface area contributed by atoms with Crippen molar-refractivity contribution in [2.75, 3.05) is 20.2 Å². The van der Waals surface area contributed by atoms with Crippen LogP contribution in [0.15, 0.2) is 48.7 Å². The number of rotatable bonds is 7. The van der Waals surface area contributed by atoms with Gasteiger partial charge >= 0.3 is 0 Å². The molecule has 0 fully saturated rings. The summed E-state index contributed by atoms with van der Waals surface area (Å²) in [5, 5.41) is 14.6. The van der Waals surface area contributed by atoms with Crippen LogP contribution in [-0.4, -0.2) is 30.3 Å². The van der Waals surface area contributed by atoms with Gasteiger partial charge in [-0.3, -0.25) is 0 Å². The van der Waals surface area contributed by atoms with Gasteiger partial charge in [0.25, 0.3) is 0 Å². The summed E-state index contributed by atoms with van der Waals surface area (Å²) in [7, 11) is 1.79. The molecule has 0 saturated heterocycles. The fraction of sp³-hybridized carbons (Fsp3) is 0.250. The summed E-state index contributed by atoms with van der Waals surface area (Å²) in [5.74, 6) is 0. The maximum absolute atomic E-state index is 8.78. The zero-order valence-electron chi connectivity index (χ0n) is 9.55. The number of hydrogen-bond acceptors (Lipinski definition) is 3. The first-order valence-corrected chi connectivity index (χ1v) is 5.23. The minimum absolute atomic E-state index is 0.126. The van der Waals surface area contributed by atoms with Crippen LogP contribution < -0.4 is 10.6 Å². The average molecular weight is 238 g/mol. The van der Waals surface area contributed by atoms with Crippen molar-refractivity contribution < 1.29 is 5.11 Å². The lowest BCUT2D eigenvalue weighted by atomic mass is 10.2. The van der Waals surface area contributed by atoms with Gasteiger partial charge in [-0.05, 0) is 5.57 Å². The van der Waals surface area contributed by atoms with E-state index in [9.17, 15) is 0 Å². The molecule has 0 saturated carbocycles. The number of allylic oxidation sites excluding steroid dienone is 1. The summed E-state index contributed by atoms with van der Waals surface area (Å²) in [4.78, 5) is 0.477. The first-order chi connectivity index (χ1) is 7.52. The molecular formula is C12H18N2OS. The Kier molecular flexibility index (Phi) is 7.16. The van der Waals surface area contributed by atoms with Gasteiger partial charge in [-0.1, -0.05) is 44.1 Å². The van der Waals surface area contributed by atoms with Gasteiger partial charge in [0.2, 0.25) is 0 Å². The van der Waals surface area contributed by atoms with Crippen molar-refractivity contribution in [3.8, 4) is 0 Å². The maximum atomic E-state index is 8.78. The van der Waals surface area contributed by atoms with E-state index >= 15 is 0 Å². The number of nitrogens with one attached hydrogen (secondary N) is 2. The fourth-order valence-corrected chi connectivity index (χ4v) is 0.959. The van der Waals surface area contributed by atoms with E-state index in [0.29, 0.717) is 17.1 Å². The molecule has 0 aliphatic rings. The zero-order chi connectivity index (χ0) is 12.6. The molecule has 0 unspecified atom stereocenters. The van der Waals surface area contributed by atoms with Gasteiger partial charge in [0.1, 0.15) is 4.99 Å². The fourth-order valence-electron chi connectivity index (χ4n) is 0.811. The molecule has 0 aromatic heterocycles. The minimum Gasteiger partial charge on any atom is -0.392 e. The van der Waals surface area contributed by atoms with Crippen molar-refractivity contribution in [2.24, 2.45) is 0 Å². The van der Waals surface area contributed by atoms with Crippen LogP contribution in [0, 0.1) is 0 Å². The zero-order valence-corrected chi connectivity index (χ0v) is 10.4. The Hall–Kier alpha value is -1.39. The predicted molar refractivity (Wildman–Crippen MR) is 73.3 cm³/mol. The highest BCUT2D eigenvalue weighted by Gasteiger charge is 1.97. The Morgan fingerprint density at radius 1 is 1.38 bits per heavy atom. The first-order valence-electron chi connectivity index (χ1n) is 4.82. The van der Waals surface area contributed by atoms with Gasteiger partial charge in [0, 0.05) is 24.9 Å². The lowest BCUT2D eigenvalue weighted by Gasteiger charge is -2.06. The molecule has 0 spiro atoms. The molecule has 0 aromatic carbocycles. The molecule has 16 heavy (non-hydrogen) atoms. The molecule has 0 heterocycles. The normalized spacial score (nSPS) is 9.88. The average Bonchev–Trinajstić information content (AvgIpc) is 2.31. The Morgan fingerprint density at radius 3 is 2.50 bits per heavy atom. The van der Waals surface area contributed by atoms with Crippen LogP contribution in [0.3, 0.4) is 0 Å². The van der Waals surface area contributed by atoms with Crippen molar-refractivity contribution in [3.05, 3.63) is 48.7 Å². The lowest BCUT2D eigenvalue weighted by Crippen LogP contribution is -2.24. The molecule has 4 heteroatoms. The summed E-state index contributed by atoms with van der Waals surface area (Å²) < 4.78 is 0. The van der Waals surface area contributed by atoms with Crippen molar-refractivity contribution >= 4 is 17.2 Å². The number of aliphatic hydroxyl groups is 1. The molecule has 3 nitrogen and oxygen atoms in total. The van der Waals surface area contributed by atoms with Crippen LogP contribution in [0.4, 0.5) is 0 Å². The maximum Gasteiger partial charge on any atom is 0.104 e. The highest BCUT2D eigenvalue weighted by molar-refractivity contribution is 7.80. The van der Waals surface area contributed by atoms with E-state index in [2.05, 4.69) is 30.4 Å². The van der Waals surface area contributed by atoms with Crippen molar-refractivity contribution in [1.29, 1.82) is 0 Å². The molecular weight excluding hydrogens is 220 g/mol. The molecule has 0 aliphatic heterocycles. The molecule has 0 atom stereocenters. The number of hydrogen-bond donors (Lipinski definition) is 3. The highest BCUT2D eigenvalue weighted by atomic mass is 32.1. The molecule has 0 radical (unpaired) electrons. The van der Waals surface area contributed by atoms with Crippen LogP contribution in [0.1, 0.15) is 0 Å². The lowest BCUT2D eigenvalue weighted by molar-refractivity contribution is 0.337. The summed E-state index contributed by atoms with van der Waals surface area (Å²) >= 11 is 4.97. The topological polar surface area (TPSA) is 44.3 Å². The molecule has 88 valence electrons. The van der Waals surface area contributed by atoms with E-state index in [1.807, 2.05) is 12.2 Å². The predicted octanol–water partition coefficient (Wildman–Crippen LogP) is 1.30. The van der Waals surface area contributed by atoms with E-state index < -0.39 is 0 Å². The van der Waals surface area contributed by atoms with Gasteiger partial charge in [-0.25, -0.2) is 0 Å². The van der Waals surface area contributed by atoms with E-state index in [1.54, 1.807) is 7.05 Å². The van der Waals surface area contributed by atoms with E-state index in [1.165, 1.54) is 0 Å². The molecule has 0 amide bonds. The Labute approximate surface area is 102 Å². The second kappa shape index (κ2) is 7.84. The summed E-state index contributed by atoms with van der Waals surface area (Å²) in [6, 6.07) is 0. The number of thiocarbonyl (C=S) groups is 1. The van der Waals surface area contributed by atoms with Gasteiger partial charge in [-0.15, -0.1) is 0 Å². The smallest absolute Gasteiger partial charge is 0.104 e. The third kappa shape index (κ3) is 5.48. The van der Waals surface area contributed by atoms with E-state index in [0.717, 1.165) is 11.3 Å². The Balaban J connectivity index is 3.95.